The molecule has 1 saturated carbocycles. The largest absolute Gasteiger partial charge is 0.394 e. The third-order valence-corrected chi connectivity index (χ3v) is 6.09. The van der Waals surface area contributed by atoms with Gasteiger partial charge in [-0.25, -0.2) is 13.6 Å². The molecule has 1 fully saturated rings. The minimum Gasteiger partial charge on any atom is -0.394 e. The lowest BCUT2D eigenvalue weighted by atomic mass is 9.83. The topological polar surface area (TPSA) is 156 Å². The fraction of sp³-hybridized carbons (Fsp3) is 0.600. The molecule has 146 valence electrons. The number of hydrogen-bond donors (Lipinski definition) is 4. The van der Waals surface area contributed by atoms with E-state index in [0.29, 0.717) is 25.2 Å². The first-order valence-electron chi connectivity index (χ1n) is 8.18. The van der Waals surface area contributed by atoms with Gasteiger partial charge < -0.3 is 15.5 Å². The number of anilines is 1. The second-order valence-corrected chi connectivity index (χ2v) is 8.95. The second kappa shape index (κ2) is 8.61. The number of halogens is 1. The molecular weight excluding hydrogens is 430 g/mol. The molecule has 1 aromatic rings. The standard InChI is InChI=1S/C15H22BrN3O6S/c16-13-6-12(26(17,24)25)7-14(19(22)23)15(13)18-10(8-20)5-9-1-3-11(21)4-2-9/h6-7,9-11,18,20-21H,1-5,8H2,(H2,17,24,25). The zero-order valence-electron chi connectivity index (χ0n) is 14.0. The summed E-state index contributed by atoms with van der Waals surface area (Å²) in [5, 5.41) is 38.6. The Kier molecular flexibility index (Phi) is 6.97. The van der Waals surface area contributed by atoms with Crippen LogP contribution in [-0.4, -0.2) is 42.3 Å². The van der Waals surface area contributed by atoms with Crippen LogP contribution in [0.1, 0.15) is 32.1 Å². The van der Waals surface area contributed by atoms with Gasteiger partial charge in [-0.2, -0.15) is 0 Å². The molecule has 0 radical (unpaired) electrons. The molecule has 0 aliphatic heterocycles. The predicted molar refractivity (Wildman–Crippen MR) is 99.2 cm³/mol. The van der Waals surface area contributed by atoms with Crippen LogP contribution in [0.15, 0.2) is 21.5 Å². The fourth-order valence-electron chi connectivity index (χ4n) is 3.19. The van der Waals surface area contributed by atoms with Gasteiger partial charge in [0.15, 0.2) is 0 Å². The first-order valence-corrected chi connectivity index (χ1v) is 10.5. The van der Waals surface area contributed by atoms with Crippen LogP contribution in [0, 0.1) is 16.0 Å². The van der Waals surface area contributed by atoms with Gasteiger partial charge in [0.2, 0.25) is 10.0 Å². The third-order valence-electron chi connectivity index (χ3n) is 4.57. The minimum absolute atomic E-state index is 0.0947. The molecular formula is C15H22BrN3O6S. The number of nitro groups is 1. The van der Waals surface area contributed by atoms with E-state index in [1.807, 2.05) is 0 Å². The van der Waals surface area contributed by atoms with Crippen molar-refractivity contribution in [2.75, 3.05) is 11.9 Å². The van der Waals surface area contributed by atoms with E-state index in [2.05, 4.69) is 21.2 Å². The first kappa shape index (κ1) is 21.0. The molecule has 5 N–H and O–H groups in total. The molecule has 11 heteroatoms. The van der Waals surface area contributed by atoms with Crippen LogP contribution in [0.2, 0.25) is 0 Å². The van der Waals surface area contributed by atoms with E-state index in [1.165, 1.54) is 6.07 Å². The highest BCUT2D eigenvalue weighted by Crippen LogP contribution is 2.37. The lowest BCUT2D eigenvalue weighted by Crippen LogP contribution is -2.30. The van der Waals surface area contributed by atoms with Gasteiger partial charge in [-0.05, 0) is 60.0 Å². The number of nitrogens with one attached hydrogen (secondary N) is 1. The van der Waals surface area contributed by atoms with Crippen LogP contribution in [0.4, 0.5) is 11.4 Å². The molecule has 0 spiro atoms. The summed E-state index contributed by atoms with van der Waals surface area (Å²) in [5.74, 6) is 0.296. The molecule has 26 heavy (non-hydrogen) atoms. The zero-order chi connectivity index (χ0) is 19.5. The molecule has 0 amide bonds. The first-order chi connectivity index (χ1) is 12.1. The third kappa shape index (κ3) is 5.36. The number of hydrogen-bond acceptors (Lipinski definition) is 7. The summed E-state index contributed by atoms with van der Waals surface area (Å²) in [4.78, 5) is 10.3. The number of nitro benzene ring substituents is 1. The summed E-state index contributed by atoms with van der Waals surface area (Å²) in [7, 11) is -4.10. The normalized spacial score (nSPS) is 22.0. The van der Waals surface area contributed by atoms with Gasteiger partial charge in [-0.1, -0.05) is 0 Å². The van der Waals surface area contributed by atoms with Crippen LogP contribution in [0.3, 0.4) is 0 Å². The molecule has 1 atom stereocenters. The molecule has 9 nitrogen and oxygen atoms in total. The van der Waals surface area contributed by atoms with Crippen LogP contribution in [0.25, 0.3) is 0 Å². The van der Waals surface area contributed by atoms with Crippen molar-refractivity contribution < 1.29 is 23.6 Å². The number of nitrogens with zero attached hydrogens (tertiary/aromatic N) is 1. The predicted octanol–water partition coefficient (Wildman–Crippen LogP) is 1.72. The summed E-state index contributed by atoms with van der Waals surface area (Å²) in [5.41, 5.74) is -0.349. The van der Waals surface area contributed by atoms with E-state index in [0.717, 1.165) is 18.9 Å². The van der Waals surface area contributed by atoms with Crippen molar-refractivity contribution in [2.45, 2.75) is 49.1 Å². The van der Waals surface area contributed by atoms with Crippen molar-refractivity contribution in [2.24, 2.45) is 11.1 Å². The van der Waals surface area contributed by atoms with Crippen LogP contribution in [0.5, 0.6) is 0 Å². The van der Waals surface area contributed by atoms with Gasteiger partial charge in [-0.15, -0.1) is 0 Å². The molecule has 1 unspecified atom stereocenters. The van der Waals surface area contributed by atoms with Gasteiger partial charge in [0, 0.05) is 16.6 Å². The van der Waals surface area contributed by atoms with E-state index in [1.54, 1.807) is 0 Å². The highest BCUT2D eigenvalue weighted by Gasteiger charge is 2.27. The Balaban J connectivity index is 2.24. The fourth-order valence-corrected chi connectivity index (χ4v) is 4.46. The Morgan fingerprint density at radius 1 is 1.35 bits per heavy atom. The summed E-state index contributed by atoms with van der Waals surface area (Å²) in [6, 6.07) is 1.65. The Morgan fingerprint density at radius 3 is 2.46 bits per heavy atom. The van der Waals surface area contributed by atoms with Gasteiger partial charge in [0.05, 0.1) is 22.5 Å². The molecule has 2 rings (SSSR count). The van der Waals surface area contributed by atoms with E-state index in [-0.39, 0.29) is 27.8 Å². The smallest absolute Gasteiger partial charge is 0.294 e. The minimum atomic E-state index is -4.10. The summed E-state index contributed by atoms with van der Waals surface area (Å²) in [6.45, 7) is -0.237. The lowest BCUT2D eigenvalue weighted by Gasteiger charge is -2.29. The second-order valence-electron chi connectivity index (χ2n) is 6.54. The van der Waals surface area contributed by atoms with Crippen LogP contribution < -0.4 is 10.5 Å². The van der Waals surface area contributed by atoms with Gasteiger partial charge in [-0.3, -0.25) is 10.1 Å². The maximum atomic E-state index is 11.5. The Hall–Kier alpha value is -1.27. The lowest BCUT2D eigenvalue weighted by molar-refractivity contribution is -0.384. The number of aliphatic hydroxyl groups is 2. The molecule has 1 aromatic carbocycles. The Morgan fingerprint density at radius 2 is 1.96 bits per heavy atom. The van der Waals surface area contributed by atoms with E-state index >= 15 is 0 Å². The summed E-state index contributed by atoms with van der Waals surface area (Å²) < 4.78 is 23.2. The highest BCUT2D eigenvalue weighted by atomic mass is 79.9. The quantitative estimate of drug-likeness (QED) is 0.363. The summed E-state index contributed by atoms with van der Waals surface area (Å²) >= 11 is 3.15. The molecule has 1 aliphatic rings. The molecule has 1 aliphatic carbocycles. The van der Waals surface area contributed by atoms with E-state index in [9.17, 15) is 28.7 Å². The van der Waals surface area contributed by atoms with E-state index in [4.69, 9.17) is 5.14 Å². The average Bonchev–Trinajstić information content (AvgIpc) is 2.56. The van der Waals surface area contributed by atoms with Crippen LogP contribution >= 0.6 is 15.9 Å². The van der Waals surface area contributed by atoms with Crippen molar-refractivity contribution in [3.63, 3.8) is 0 Å². The van der Waals surface area contributed by atoms with Gasteiger partial charge >= 0.3 is 0 Å². The zero-order valence-corrected chi connectivity index (χ0v) is 16.4. The van der Waals surface area contributed by atoms with Crippen molar-refractivity contribution in [3.8, 4) is 0 Å². The number of sulfonamides is 1. The van der Waals surface area contributed by atoms with E-state index < -0.39 is 26.7 Å². The van der Waals surface area contributed by atoms with Gasteiger partial charge in [0.1, 0.15) is 5.69 Å². The van der Waals surface area contributed by atoms with Crippen LogP contribution in [-0.2, 0) is 10.0 Å². The Bertz CT molecular complexity index is 765. The molecule has 0 saturated heterocycles. The maximum Gasteiger partial charge on any atom is 0.294 e. The van der Waals surface area contributed by atoms with Gasteiger partial charge in [0.25, 0.3) is 5.69 Å². The van der Waals surface area contributed by atoms with Crippen molar-refractivity contribution in [3.05, 3.63) is 26.7 Å². The Labute approximate surface area is 159 Å². The number of aliphatic hydroxyl groups excluding tert-OH is 2. The number of nitrogens with two attached hydrogens (primary N) is 1. The number of rotatable bonds is 7. The highest BCUT2D eigenvalue weighted by molar-refractivity contribution is 9.10. The molecule has 0 aromatic heterocycles. The molecule has 0 heterocycles. The number of primary sulfonamides is 1. The number of benzene rings is 1. The maximum absolute atomic E-state index is 11.5. The van der Waals surface area contributed by atoms with Crippen molar-refractivity contribution in [1.82, 2.24) is 0 Å². The summed E-state index contributed by atoms with van der Waals surface area (Å²) in [6.07, 6.45) is 3.36. The van der Waals surface area contributed by atoms with Crippen molar-refractivity contribution in [1.29, 1.82) is 0 Å². The monoisotopic (exact) mass is 451 g/mol. The SMILES string of the molecule is NS(=O)(=O)c1cc(Br)c(NC(CO)CC2CCC(O)CC2)c([N+](=O)[O-])c1. The molecule has 0 bridgehead atoms. The average molecular weight is 452 g/mol. The van der Waals surface area contributed by atoms with Crippen molar-refractivity contribution >= 4 is 37.3 Å².